The van der Waals surface area contributed by atoms with E-state index in [0.717, 1.165) is 45.3 Å². The molecule has 0 fully saturated rings. The Kier molecular flexibility index (Phi) is 7.98. The number of fused-ring (bicyclic) bond motifs is 1. The molecule has 1 amide bonds. The fourth-order valence-corrected chi connectivity index (χ4v) is 4.71. The van der Waals surface area contributed by atoms with Gasteiger partial charge in [-0.15, -0.1) is 0 Å². The van der Waals surface area contributed by atoms with Gasteiger partial charge in [0.15, 0.2) is 0 Å². The van der Waals surface area contributed by atoms with Crippen molar-refractivity contribution < 1.29 is 14.3 Å². The van der Waals surface area contributed by atoms with Gasteiger partial charge >= 0.3 is 6.09 Å². The van der Waals surface area contributed by atoms with Crippen LogP contribution in [0.4, 0.5) is 10.5 Å². The fraction of sp³-hybridized carbons (Fsp3) is 0.379. The van der Waals surface area contributed by atoms with Crippen LogP contribution in [0.3, 0.4) is 0 Å². The molecule has 0 aliphatic rings. The number of hydrogen-bond donors (Lipinski definition) is 1. The van der Waals surface area contributed by atoms with Crippen LogP contribution >= 0.6 is 0 Å². The molecule has 38 heavy (non-hydrogen) atoms. The standard InChI is InChI=1S/C29H37N5O3Si/c1-20-9-8-10-25(32-20)26-27(34(18-31-26)19-36-13-14-38(5,6)7)21-11-12-24-22(15-21)16-23(17-30-24)33-28(35)37-29(2,3)4/h8-12,15-18H,13-14,19H2,1-7H3,(H,33,35). The summed E-state index contributed by atoms with van der Waals surface area (Å²) in [6.07, 6.45) is 2.92. The molecule has 3 heterocycles. The van der Waals surface area contributed by atoms with Gasteiger partial charge in [0.2, 0.25) is 0 Å². The van der Waals surface area contributed by atoms with Gasteiger partial charge in [-0.3, -0.25) is 15.3 Å². The Labute approximate surface area is 225 Å². The minimum Gasteiger partial charge on any atom is -0.444 e. The first-order valence-electron chi connectivity index (χ1n) is 12.9. The number of rotatable bonds is 8. The predicted octanol–water partition coefficient (Wildman–Crippen LogP) is 7.13. The van der Waals surface area contributed by atoms with Crippen LogP contribution in [0.25, 0.3) is 33.5 Å². The first-order valence-corrected chi connectivity index (χ1v) is 16.6. The van der Waals surface area contributed by atoms with Gasteiger partial charge in [-0.25, -0.2) is 9.78 Å². The molecule has 0 saturated heterocycles. The summed E-state index contributed by atoms with van der Waals surface area (Å²) in [7, 11) is -1.19. The van der Waals surface area contributed by atoms with Crippen molar-refractivity contribution in [1.82, 2.24) is 19.5 Å². The summed E-state index contributed by atoms with van der Waals surface area (Å²) in [6.45, 7) is 15.6. The molecular formula is C29H37N5O3Si. The van der Waals surface area contributed by atoms with Crippen molar-refractivity contribution in [1.29, 1.82) is 0 Å². The number of aromatic nitrogens is 4. The van der Waals surface area contributed by atoms with Crippen LogP contribution < -0.4 is 5.32 Å². The summed E-state index contributed by atoms with van der Waals surface area (Å²) >= 11 is 0. The SMILES string of the molecule is Cc1cccc(-c2ncn(COCC[Si](C)(C)C)c2-c2ccc3ncc(NC(=O)OC(C)(C)C)cc3c2)n1. The Morgan fingerprint density at radius 2 is 1.87 bits per heavy atom. The number of hydrogen-bond acceptors (Lipinski definition) is 6. The van der Waals surface area contributed by atoms with Gasteiger partial charge in [-0.05, 0) is 64.1 Å². The van der Waals surface area contributed by atoms with E-state index >= 15 is 0 Å². The maximum Gasteiger partial charge on any atom is 0.412 e. The number of ether oxygens (including phenoxy) is 2. The summed E-state index contributed by atoms with van der Waals surface area (Å²) in [5.41, 5.74) is 5.19. The lowest BCUT2D eigenvalue weighted by atomic mass is 10.0. The summed E-state index contributed by atoms with van der Waals surface area (Å²) < 4.78 is 13.5. The minimum absolute atomic E-state index is 0.398. The summed E-state index contributed by atoms with van der Waals surface area (Å²) in [6, 6.07) is 15.0. The van der Waals surface area contributed by atoms with Gasteiger partial charge in [0.1, 0.15) is 18.0 Å². The summed E-state index contributed by atoms with van der Waals surface area (Å²) in [5.74, 6) is 0. The fourth-order valence-electron chi connectivity index (χ4n) is 3.96. The smallest absolute Gasteiger partial charge is 0.412 e. The predicted molar refractivity (Wildman–Crippen MR) is 155 cm³/mol. The van der Waals surface area contributed by atoms with Gasteiger partial charge in [0.25, 0.3) is 0 Å². The van der Waals surface area contributed by atoms with E-state index in [1.807, 2.05) is 75.0 Å². The second-order valence-corrected chi connectivity index (χ2v) is 17.3. The normalized spacial score (nSPS) is 12.1. The first-order chi connectivity index (χ1) is 17.9. The Morgan fingerprint density at radius 3 is 2.58 bits per heavy atom. The lowest BCUT2D eigenvalue weighted by Gasteiger charge is -2.19. The molecule has 0 aliphatic heterocycles. The van der Waals surface area contributed by atoms with Gasteiger partial charge in [0, 0.05) is 31.3 Å². The van der Waals surface area contributed by atoms with E-state index < -0.39 is 19.8 Å². The summed E-state index contributed by atoms with van der Waals surface area (Å²) in [5, 5.41) is 3.66. The third kappa shape index (κ3) is 7.26. The highest BCUT2D eigenvalue weighted by Gasteiger charge is 2.19. The molecule has 8 nitrogen and oxygen atoms in total. The Balaban J connectivity index is 1.69. The van der Waals surface area contributed by atoms with Crippen LogP contribution in [-0.2, 0) is 16.2 Å². The van der Waals surface area contributed by atoms with Crippen LogP contribution in [-0.4, -0.2) is 45.9 Å². The molecule has 0 saturated carbocycles. The largest absolute Gasteiger partial charge is 0.444 e. The topological polar surface area (TPSA) is 91.2 Å². The number of amides is 1. The van der Waals surface area contributed by atoms with Crippen molar-refractivity contribution in [2.24, 2.45) is 0 Å². The van der Waals surface area contributed by atoms with Crippen LogP contribution in [0.5, 0.6) is 0 Å². The van der Waals surface area contributed by atoms with Crippen molar-refractivity contribution in [2.75, 3.05) is 11.9 Å². The molecule has 0 atom stereocenters. The molecule has 0 bridgehead atoms. The van der Waals surface area contributed by atoms with Crippen LogP contribution in [0, 0.1) is 6.92 Å². The molecule has 1 aromatic carbocycles. The lowest BCUT2D eigenvalue weighted by Crippen LogP contribution is -2.27. The maximum absolute atomic E-state index is 12.3. The zero-order valence-corrected chi connectivity index (χ0v) is 24.3. The van der Waals surface area contributed by atoms with Crippen LogP contribution in [0.2, 0.25) is 25.7 Å². The second kappa shape index (κ2) is 11.0. The number of carbonyl (C=O) groups is 1. The number of benzene rings is 1. The number of anilines is 1. The minimum atomic E-state index is -1.19. The highest BCUT2D eigenvalue weighted by molar-refractivity contribution is 6.76. The van der Waals surface area contributed by atoms with Crippen LogP contribution in [0.15, 0.2) is 55.0 Å². The quantitative estimate of drug-likeness (QED) is 0.192. The molecule has 9 heteroatoms. The molecule has 0 spiro atoms. The van der Waals surface area contributed by atoms with Gasteiger partial charge in [0.05, 0.1) is 35.1 Å². The number of carbonyl (C=O) groups excluding carboxylic acids is 1. The van der Waals surface area contributed by atoms with Crippen LogP contribution in [0.1, 0.15) is 26.5 Å². The molecule has 4 rings (SSSR count). The van der Waals surface area contributed by atoms with E-state index in [4.69, 9.17) is 19.4 Å². The van der Waals surface area contributed by atoms with E-state index in [0.29, 0.717) is 19.0 Å². The molecule has 4 aromatic rings. The number of imidazole rings is 1. The van der Waals surface area contributed by atoms with E-state index in [1.165, 1.54) is 0 Å². The van der Waals surface area contributed by atoms with Crippen molar-refractivity contribution in [3.63, 3.8) is 0 Å². The average Bonchev–Trinajstić information content (AvgIpc) is 3.23. The molecule has 1 N–H and O–H groups in total. The maximum atomic E-state index is 12.3. The van der Waals surface area contributed by atoms with Gasteiger partial charge < -0.3 is 14.0 Å². The van der Waals surface area contributed by atoms with Crippen molar-refractivity contribution in [3.05, 3.63) is 60.7 Å². The van der Waals surface area contributed by atoms with Crippen molar-refractivity contribution in [2.45, 2.75) is 65.7 Å². The third-order valence-corrected chi connectivity index (χ3v) is 7.50. The average molecular weight is 532 g/mol. The molecule has 0 radical (unpaired) electrons. The van der Waals surface area contributed by atoms with E-state index in [1.54, 1.807) is 6.20 Å². The molecule has 200 valence electrons. The van der Waals surface area contributed by atoms with Crippen molar-refractivity contribution >= 4 is 30.8 Å². The number of aryl methyl sites for hydroxylation is 1. The molecular weight excluding hydrogens is 494 g/mol. The Hall–Kier alpha value is -3.56. The third-order valence-electron chi connectivity index (χ3n) is 5.80. The Bertz CT molecular complexity index is 1440. The van der Waals surface area contributed by atoms with E-state index in [9.17, 15) is 4.79 Å². The summed E-state index contributed by atoms with van der Waals surface area (Å²) in [4.78, 5) is 26.3. The molecule has 0 unspecified atom stereocenters. The van der Waals surface area contributed by atoms with Gasteiger partial charge in [-0.2, -0.15) is 0 Å². The zero-order valence-electron chi connectivity index (χ0n) is 23.3. The van der Waals surface area contributed by atoms with E-state index in [-0.39, 0.29) is 0 Å². The monoisotopic (exact) mass is 531 g/mol. The number of nitrogens with one attached hydrogen (secondary N) is 1. The lowest BCUT2D eigenvalue weighted by molar-refractivity contribution is 0.0636. The highest BCUT2D eigenvalue weighted by Crippen LogP contribution is 2.33. The second-order valence-electron chi connectivity index (χ2n) is 11.7. The van der Waals surface area contributed by atoms with Crippen molar-refractivity contribution in [3.8, 4) is 22.6 Å². The number of nitrogens with zero attached hydrogens (tertiary/aromatic N) is 4. The highest BCUT2D eigenvalue weighted by atomic mass is 28.3. The van der Waals surface area contributed by atoms with Gasteiger partial charge in [-0.1, -0.05) is 31.8 Å². The molecule has 3 aromatic heterocycles. The molecule has 0 aliphatic carbocycles. The first kappa shape index (κ1) is 27.5. The van der Waals surface area contributed by atoms with E-state index in [2.05, 4.69) is 36.0 Å². The number of pyridine rings is 2. The zero-order chi connectivity index (χ0) is 27.5. The Morgan fingerprint density at radius 1 is 1.08 bits per heavy atom.